The molecule has 0 aromatic carbocycles. The Bertz CT molecular complexity index is 409. The minimum atomic E-state index is -1.09. The van der Waals surface area contributed by atoms with Gasteiger partial charge in [-0.25, -0.2) is 0 Å². The van der Waals surface area contributed by atoms with Crippen LogP contribution >= 0.6 is 0 Å². The summed E-state index contributed by atoms with van der Waals surface area (Å²) in [6.45, 7) is 5.87. The van der Waals surface area contributed by atoms with Crippen molar-refractivity contribution in [2.75, 3.05) is 0 Å². The van der Waals surface area contributed by atoms with E-state index in [1.807, 2.05) is 20.8 Å². The average Bonchev–Trinajstić information content (AvgIpc) is 2.66. The van der Waals surface area contributed by atoms with E-state index in [1.54, 1.807) is 0 Å². The van der Waals surface area contributed by atoms with Gasteiger partial charge in [-0.2, -0.15) is 0 Å². The van der Waals surface area contributed by atoms with Crippen molar-refractivity contribution in [3.8, 4) is 0 Å². The van der Waals surface area contributed by atoms with Gasteiger partial charge in [0.2, 0.25) is 0 Å². The average molecular weight is 268 g/mol. The number of aliphatic hydroxyl groups excluding tert-OH is 1. The summed E-state index contributed by atoms with van der Waals surface area (Å²) in [7, 11) is 0. The second-order valence-electron chi connectivity index (χ2n) is 7.09. The lowest BCUT2D eigenvalue weighted by atomic mass is 9.49. The molecule has 4 nitrogen and oxygen atoms in total. The molecular weight excluding hydrogens is 244 g/mol. The third-order valence-corrected chi connectivity index (χ3v) is 6.35. The lowest BCUT2D eigenvalue weighted by molar-refractivity contribution is -0.262. The van der Waals surface area contributed by atoms with E-state index in [0.717, 1.165) is 25.7 Å². The predicted octanol–water partition coefficient (Wildman–Crippen LogP) is 1.49. The molecule has 4 heteroatoms. The maximum absolute atomic E-state index is 11.9. The molecule has 19 heavy (non-hydrogen) atoms. The number of fused-ring (bicyclic) bond motifs is 3. The van der Waals surface area contributed by atoms with Crippen LogP contribution in [0.15, 0.2) is 0 Å². The molecule has 0 amide bonds. The van der Waals surface area contributed by atoms with E-state index < -0.39 is 23.2 Å². The topological polar surface area (TPSA) is 66.8 Å². The van der Waals surface area contributed by atoms with Crippen molar-refractivity contribution in [1.82, 2.24) is 0 Å². The molecule has 0 spiro atoms. The minimum absolute atomic E-state index is 0.0480. The summed E-state index contributed by atoms with van der Waals surface area (Å²) in [6, 6.07) is 0. The Hall–Kier alpha value is -0.610. The minimum Gasteiger partial charge on any atom is -0.459 e. The molecule has 1 saturated heterocycles. The number of rotatable bonds is 0. The number of esters is 1. The van der Waals surface area contributed by atoms with Gasteiger partial charge in [0, 0.05) is 11.3 Å². The summed E-state index contributed by atoms with van der Waals surface area (Å²) in [5, 5.41) is 21.8. The maximum atomic E-state index is 11.9. The van der Waals surface area contributed by atoms with Gasteiger partial charge in [-0.3, -0.25) is 4.79 Å². The van der Waals surface area contributed by atoms with E-state index in [-0.39, 0.29) is 23.7 Å². The molecule has 3 fully saturated rings. The summed E-state index contributed by atoms with van der Waals surface area (Å²) in [4.78, 5) is 11.9. The molecule has 0 bridgehead atoms. The molecule has 7 atom stereocenters. The SMILES string of the molecule is C[C@@H]1C(=O)O[C@H]2[C@H]1CC[C@]1(C)[C@H](O)CC[C@@H](C)[C@@]21O. The Labute approximate surface area is 114 Å². The highest BCUT2D eigenvalue weighted by Crippen LogP contribution is 2.60. The first kappa shape index (κ1) is 13.4. The monoisotopic (exact) mass is 268 g/mol. The molecule has 0 unspecified atom stereocenters. The fourth-order valence-electron chi connectivity index (χ4n) is 4.79. The second kappa shape index (κ2) is 3.95. The van der Waals surface area contributed by atoms with Crippen LogP contribution in [0.5, 0.6) is 0 Å². The van der Waals surface area contributed by atoms with E-state index in [4.69, 9.17) is 4.74 Å². The summed E-state index contributed by atoms with van der Waals surface area (Å²) < 4.78 is 5.53. The Balaban J connectivity index is 2.05. The van der Waals surface area contributed by atoms with Gasteiger partial charge in [-0.15, -0.1) is 0 Å². The van der Waals surface area contributed by atoms with Crippen LogP contribution in [0.1, 0.15) is 46.5 Å². The van der Waals surface area contributed by atoms with Crippen LogP contribution in [0.3, 0.4) is 0 Å². The first-order chi connectivity index (χ1) is 8.82. The van der Waals surface area contributed by atoms with Gasteiger partial charge in [0.1, 0.15) is 11.7 Å². The van der Waals surface area contributed by atoms with Gasteiger partial charge in [0.15, 0.2) is 0 Å². The van der Waals surface area contributed by atoms with E-state index in [1.165, 1.54) is 0 Å². The fraction of sp³-hybridized carbons (Fsp3) is 0.933. The number of aliphatic hydroxyl groups is 2. The highest BCUT2D eigenvalue weighted by Gasteiger charge is 2.68. The van der Waals surface area contributed by atoms with E-state index >= 15 is 0 Å². The maximum Gasteiger partial charge on any atom is 0.309 e. The van der Waals surface area contributed by atoms with Gasteiger partial charge in [-0.05, 0) is 31.6 Å². The Morgan fingerprint density at radius 2 is 1.95 bits per heavy atom. The highest BCUT2D eigenvalue weighted by molar-refractivity contribution is 5.75. The quantitative estimate of drug-likeness (QED) is 0.653. The van der Waals surface area contributed by atoms with Crippen LogP contribution in [0.2, 0.25) is 0 Å². The number of carbonyl (C=O) groups excluding carboxylic acids is 1. The normalized spacial score (nSPS) is 57.3. The highest BCUT2D eigenvalue weighted by atomic mass is 16.6. The van der Waals surface area contributed by atoms with Crippen molar-refractivity contribution in [3.63, 3.8) is 0 Å². The van der Waals surface area contributed by atoms with E-state index in [2.05, 4.69) is 0 Å². The molecule has 0 aromatic rings. The molecule has 2 aliphatic carbocycles. The van der Waals surface area contributed by atoms with Crippen LogP contribution in [0, 0.1) is 23.2 Å². The zero-order chi connectivity index (χ0) is 14.0. The second-order valence-corrected chi connectivity index (χ2v) is 7.09. The molecule has 0 radical (unpaired) electrons. The largest absolute Gasteiger partial charge is 0.459 e. The lowest BCUT2D eigenvalue weighted by Gasteiger charge is -2.60. The van der Waals surface area contributed by atoms with Crippen molar-refractivity contribution in [1.29, 1.82) is 0 Å². The van der Waals surface area contributed by atoms with Crippen LogP contribution in [0.4, 0.5) is 0 Å². The molecule has 3 aliphatic rings. The Kier molecular flexibility index (Phi) is 2.78. The predicted molar refractivity (Wildman–Crippen MR) is 69.2 cm³/mol. The van der Waals surface area contributed by atoms with Crippen LogP contribution < -0.4 is 0 Å². The van der Waals surface area contributed by atoms with E-state index in [9.17, 15) is 15.0 Å². The van der Waals surface area contributed by atoms with Gasteiger partial charge >= 0.3 is 5.97 Å². The molecule has 1 heterocycles. The van der Waals surface area contributed by atoms with Crippen molar-refractivity contribution >= 4 is 5.97 Å². The smallest absolute Gasteiger partial charge is 0.309 e. The Morgan fingerprint density at radius 3 is 2.63 bits per heavy atom. The zero-order valence-corrected chi connectivity index (χ0v) is 11.9. The summed E-state index contributed by atoms with van der Waals surface area (Å²) in [6.07, 6.45) is 2.16. The number of ether oxygens (including phenoxy) is 1. The van der Waals surface area contributed by atoms with Gasteiger partial charge in [0.25, 0.3) is 0 Å². The molecule has 1 aliphatic heterocycles. The van der Waals surface area contributed by atoms with Crippen molar-refractivity contribution in [2.45, 2.75) is 64.3 Å². The molecule has 0 aromatic heterocycles. The third-order valence-electron chi connectivity index (χ3n) is 6.35. The zero-order valence-electron chi connectivity index (χ0n) is 11.9. The van der Waals surface area contributed by atoms with Crippen LogP contribution in [0.25, 0.3) is 0 Å². The fourth-order valence-corrected chi connectivity index (χ4v) is 4.79. The molecule has 2 saturated carbocycles. The van der Waals surface area contributed by atoms with Crippen LogP contribution in [-0.2, 0) is 9.53 Å². The first-order valence-corrected chi connectivity index (χ1v) is 7.43. The van der Waals surface area contributed by atoms with Crippen molar-refractivity contribution in [2.24, 2.45) is 23.2 Å². The van der Waals surface area contributed by atoms with Crippen LogP contribution in [-0.4, -0.2) is 34.0 Å². The summed E-state index contributed by atoms with van der Waals surface area (Å²) >= 11 is 0. The molecule has 2 N–H and O–H groups in total. The number of hydrogen-bond donors (Lipinski definition) is 2. The Morgan fingerprint density at radius 1 is 1.26 bits per heavy atom. The lowest BCUT2D eigenvalue weighted by Crippen LogP contribution is -2.69. The van der Waals surface area contributed by atoms with Crippen molar-refractivity contribution < 1.29 is 19.7 Å². The molecule has 108 valence electrons. The number of carbonyl (C=O) groups is 1. The first-order valence-electron chi connectivity index (χ1n) is 7.43. The molecular formula is C15H24O4. The van der Waals surface area contributed by atoms with Gasteiger partial charge in [0.05, 0.1) is 12.0 Å². The van der Waals surface area contributed by atoms with Crippen molar-refractivity contribution in [3.05, 3.63) is 0 Å². The summed E-state index contributed by atoms with van der Waals surface area (Å²) in [5.74, 6) is -0.185. The number of hydrogen-bond acceptors (Lipinski definition) is 4. The van der Waals surface area contributed by atoms with Gasteiger partial charge in [-0.1, -0.05) is 20.8 Å². The molecule has 3 rings (SSSR count). The van der Waals surface area contributed by atoms with E-state index in [0.29, 0.717) is 0 Å². The summed E-state index contributed by atoms with van der Waals surface area (Å²) in [5.41, 5.74) is -1.65. The van der Waals surface area contributed by atoms with Gasteiger partial charge < -0.3 is 14.9 Å². The standard InChI is InChI=1S/C15H24O4/c1-8-4-5-11(16)14(3)7-6-10-9(2)13(17)19-12(10)15(8,14)18/h8-12,16,18H,4-7H2,1-3H3/t8-,9+,10+,11-,12+,14-,15-/m1/s1. The third kappa shape index (κ3) is 1.44.